The SMILES string of the molecule is COC(=O)c1nc(Br)sc1-c1cc(Br)cs1. The van der Waals surface area contributed by atoms with Crippen LogP contribution in [-0.4, -0.2) is 18.1 Å². The predicted octanol–water partition coefficient (Wildman–Crippen LogP) is 4.18. The molecule has 0 saturated heterocycles. The summed E-state index contributed by atoms with van der Waals surface area (Å²) in [7, 11) is 1.35. The summed E-state index contributed by atoms with van der Waals surface area (Å²) < 4.78 is 6.36. The molecule has 2 heterocycles. The van der Waals surface area contributed by atoms with Gasteiger partial charge in [-0.25, -0.2) is 9.78 Å². The maximum Gasteiger partial charge on any atom is 0.358 e. The second-order valence-electron chi connectivity index (χ2n) is 2.77. The van der Waals surface area contributed by atoms with Gasteiger partial charge in [0.1, 0.15) is 0 Å². The largest absolute Gasteiger partial charge is 0.464 e. The first kappa shape index (κ1) is 12.2. The number of hydrogen-bond acceptors (Lipinski definition) is 5. The molecule has 3 nitrogen and oxygen atoms in total. The van der Waals surface area contributed by atoms with Crippen LogP contribution in [0.4, 0.5) is 0 Å². The summed E-state index contributed by atoms with van der Waals surface area (Å²) in [4.78, 5) is 17.5. The lowest BCUT2D eigenvalue weighted by molar-refractivity contribution is 0.0595. The van der Waals surface area contributed by atoms with Crippen LogP contribution in [0.1, 0.15) is 10.5 Å². The maximum absolute atomic E-state index is 11.5. The van der Waals surface area contributed by atoms with Crippen LogP contribution in [-0.2, 0) is 4.74 Å². The van der Waals surface area contributed by atoms with Crippen LogP contribution in [0.5, 0.6) is 0 Å². The number of ether oxygens (including phenoxy) is 1. The van der Waals surface area contributed by atoms with E-state index in [0.29, 0.717) is 9.61 Å². The lowest BCUT2D eigenvalue weighted by Gasteiger charge is -1.96. The third-order valence-corrected chi connectivity index (χ3v) is 5.15. The van der Waals surface area contributed by atoms with E-state index >= 15 is 0 Å². The zero-order chi connectivity index (χ0) is 11.7. The number of methoxy groups -OCH3 is 1. The molecule has 0 N–H and O–H groups in total. The summed E-state index contributed by atoms with van der Waals surface area (Å²) in [5.41, 5.74) is 0.355. The third-order valence-electron chi connectivity index (χ3n) is 1.77. The Hall–Kier alpha value is -0.240. The molecule has 0 spiro atoms. The quantitative estimate of drug-likeness (QED) is 0.731. The molecule has 0 radical (unpaired) electrons. The van der Waals surface area contributed by atoms with Crippen LogP contribution in [0.2, 0.25) is 0 Å². The highest BCUT2D eigenvalue weighted by Gasteiger charge is 2.20. The van der Waals surface area contributed by atoms with Crippen molar-refractivity contribution in [1.82, 2.24) is 4.98 Å². The summed E-state index contributed by atoms with van der Waals surface area (Å²) in [6, 6.07) is 1.96. The van der Waals surface area contributed by atoms with Crippen molar-refractivity contribution >= 4 is 60.5 Å². The second-order valence-corrected chi connectivity index (χ2v) is 6.87. The van der Waals surface area contributed by atoms with E-state index in [0.717, 1.165) is 14.2 Å². The first-order chi connectivity index (χ1) is 7.61. The van der Waals surface area contributed by atoms with Crippen LogP contribution in [0.25, 0.3) is 9.75 Å². The molecule has 2 aromatic heterocycles. The summed E-state index contributed by atoms with van der Waals surface area (Å²) >= 11 is 9.63. The fourth-order valence-electron chi connectivity index (χ4n) is 1.13. The standard InChI is InChI=1S/C9H5Br2NO2S2/c1-14-8(13)6-7(16-9(11)12-6)5-2-4(10)3-15-5/h2-3H,1H3. The summed E-state index contributed by atoms with van der Waals surface area (Å²) in [5.74, 6) is -0.415. The molecule has 84 valence electrons. The molecule has 0 saturated carbocycles. The molecule has 0 aliphatic rings. The molecule has 0 bridgehead atoms. The van der Waals surface area contributed by atoms with Crippen LogP contribution in [0, 0.1) is 0 Å². The van der Waals surface area contributed by atoms with Crippen molar-refractivity contribution in [2.45, 2.75) is 0 Å². The molecule has 0 aliphatic heterocycles. The molecule has 2 aromatic rings. The Balaban J connectivity index is 2.52. The molecule has 0 unspecified atom stereocenters. The fourth-order valence-corrected chi connectivity index (χ4v) is 4.12. The Kier molecular flexibility index (Phi) is 3.78. The van der Waals surface area contributed by atoms with E-state index in [4.69, 9.17) is 4.74 Å². The molecule has 0 amide bonds. The van der Waals surface area contributed by atoms with Crippen molar-refractivity contribution in [3.63, 3.8) is 0 Å². The zero-order valence-corrected chi connectivity index (χ0v) is 12.8. The van der Waals surface area contributed by atoms with Gasteiger partial charge in [-0.3, -0.25) is 0 Å². The predicted molar refractivity (Wildman–Crippen MR) is 72.2 cm³/mol. The molecule has 0 fully saturated rings. The first-order valence-corrected chi connectivity index (χ1v) is 7.39. The summed E-state index contributed by atoms with van der Waals surface area (Å²) in [6.45, 7) is 0. The molecular weight excluding hydrogens is 378 g/mol. The minimum absolute atomic E-state index is 0.355. The van der Waals surface area contributed by atoms with Crippen LogP contribution >= 0.6 is 54.5 Å². The normalized spacial score (nSPS) is 10.4. The number of nitrogens with zero attached hydrogens (tertiary/aromatic N) is 1. The molecule has 2 rings (SSSR count). The Morgan fingerprint density at radius 1 is 1.50 bits per heavy atom. The van der Waals surface area contributed by atoms with Gasteiger partial charge in [0.25, 0.3) is 0 Å². The average Bonchev–Trinajstić information content (AvgIpc) is 2.83. The van der Waals surface area contributed by atoms with E-state index < -0.39 is 5.97 Å². The van der Waals surface area contributed by atoms with Crippen molar-refractivity contribution in [1.29, 1.82) is 0 Å². The second kappa shape index (κ2) is 4.95. The molecule has 0 aliphatic carbocycles. The van der Waals surface area contributed by atoms with Crippen LogP contribution < -0.4 is 0 Å². The highest BCUT2D eigenvalue weighted by molar-refractivity contribution is 9.11. The average molecular weight is 383 g/mol. The molecular formula is C9H5Br2NO2S2. The van der Waals surface area contributed by atoms with Gasteiger partial charge < -0.3 is 4.74 Å². The van der Waals surface area contributed by atoms with E-state index in [1.54, 1.807) is 11.3 Å². The molecule has 16 heavy (non-hydrogen) atoms. The Bertz CT molecular complexity index is 535. The van der Waals surface area contributed by atoms with Crippen LogP contribution in [0.3, 0.4) is 0 Å². The monoisotopic (exact) mass is 381 g/mol. The number of halogens is 2. The van der Waals surface area contributed by atoms with Gasteiger partial charge >= 0.3 is 5.97 Å². The van der Waals surface area contributed by atoms with Gasteiger partial charge in [-0.05, 0) is 37.9 Å². The highest BCUT2D eigenvalue weighted by atomic mass is 79.9. The van der Waals surface area contributed by atoms with Gasteiger partial charge in [0.15, 0.2) is 9.61 Å². The topological polar surface area (TPSA) is 39.2 Å². The molecule has 7 heteroatoms. The van der Waals surface area contributed by atoms with Crippen molar-refractivity contribution in [3.8, 4) is 9.75 Å². The number of carbonyl (C=O) groups is 1. The number of thiazole rings is 1. The van der Waals surface area contributed by atoms with Crippen molar-refractivity contribution in [3.05, 3.63) is 25.5 Å². The van der Waals surface area contributed by atoms with Gasteiger partial charge in [0.2, 0.25) is 0 Å². The van der Waals surface area contributed by atoms with E-state index in [1.807, 2.05) is 11.4 Å². The number of carbonyl (C=O) groups excluding carboxylic acids is 1. The number of esters is 1. The van der Waals surface area contributed by atoms with E-state index in [1.165, 1.54) is 18.4 Å². The number of aromatic nitrogens is 1. The molecule has 0 aromatic carbocycles. The lowest BCUT2D eigenvalue weighted by atomic mass is 10.3. The third kappa shape index (κ3) is 2.37. The fraction of sp³-hybridized carbons (Fsp3) is 0.111. The Morgan fingerprint density at radius 3 is 2.81 bits per heavy atom. The summed E-state index contributed by atoms with van der Waals surface area (Å²) in [5, 5.41) is 1.96. The smallest absolute Gasteiger partial charge is 0.358 e. The zero-order valence-electron chi connectivity index (χ0n) is 7.99. The van der Waals surface area contributed by atoms with Gasteiger partial charge in [-0.2, -0.15) is 0 Å². The number of rotatable bonds is 2. The van der Waals surface area contributed by atoms with Crippen molar-refractivity contribution < 1.29 is 9.53 Å². The maximum atomic E-state index is 11.5. The van der Waals surface area contributed by atoms with Crippen molar-refractivity contribution in [2.24, 2.45) is 0 Å². The van der Waals surface area contributed by atoms with Crippen molar-refractivity contribution in [2.75, 3.05) is 7.11 Å². The Labute approximate surface area is 117 Å². The van der Waals surface area contributed by atoms with E-state index in [-0.39, 0.29) is 0 Å². The van der Waals surface area contributed by atoms with Gasteiger partial charge in [0.05, 0.1) is 12.0 Å². The van der Waals surface area contributed by atoms with E-state index in [2.05, 4.69) is 36.8 Å². The van der Waals surface area contributed by atoms with Gasteiger partial charge in [-0.15, -0.1) is 22.7 Å². The lowest BCUT2D eigenvalue weighted by Crippen LogP contribution is -2.02. The first-order valence-electron chi connectivity index (χ1n) is 4.11. The van der Waals surface area contributed by atoms with Gasteiger partial charge in [-0.1, -0.05) is 0 Å². The number of thiophene rings is 1. The number of hydrogen-bond donors (Lipinski definition) is 0. The molecule has 0 atom stereocenters. The Morgan fingerprint density at radius 2 is 2.25 bits per heavy atom. The minimum Gasteiger partial charge on any atom is -0.464 e. The highest BCUT2D eigenvalue weighted by Crippen LogP contribution is 2.38. The van der Waals surface area contributed by atoms with E-state index in [9.17, 15) is 4.79 Å². The summed E-state index contributed by atoms with van der Waals surface area (Å²) in [6.07, 6.45) is 0. The van der Waals surface area contributed by atoms with Gasteiger partial charge in [0, 0.05) is 14.7 Å². The minimum atomic E-state index is -0.415. The van der Waals surface area contributed by atoms with Crippen LogP contribution in [0.15, 0.2) is 19.8 Å².